The number of para-hydroxylation sites is 1. The fourth-order valence-corrected chi connectivity index (χ4v) is 5.26. The summed E-state index contributed by atoms with van der Waals surface area (Å²) >= 11 is 0. The van der Waals surface area contributed by atoms with Crippen LogP contribution in [0.15, 0.2) is 48.5 Å². The molecule has 1 aliphatic carbocycles. The van der Waals surface area contributed by atoms with Crippen molar-refractivity contribution < 1.29 is 28.7 Å². The van der Waals surface area contributed by atoms with Crippen molar-refractivity contribution in [3.8, 4) is 5.75 Å². The first-order valence-electron chi connectivity index (χ1n) is 12.6. The standard InChI is InChI=1S/C28H31FN4O5/c1-32-9-11-33(12-10-32)25-14-19(20-5-3-4-6-23(20)30-25)17-38-24-8-7-18(13-22(24)29)15-28(27(35)37-2)16-21(28)26(34)31-36/h3-8,13-14,21,36H,9-12,15-17H2,1-2H3,(H,31,34). The van der Waals surface area contributed by atoms with Gasteiger partial charge in [-0.2, -0.15) is 0 Å². The van der Waals surface area contributed by atoms with Crippen LogP contribution in [0.1, 0.15) is 17.5 Å². The highest BCUT2D eigenvalue weighted by atomic mass is 19.1. The summed E-state index contributed by atoms with van der Waals surface area (Å²) < 4.78 is 25.9. The Morgan fingerprint density at radius 3 is 2.63 bits per heavy atom. The summed E-state index contributed by atoms with van der Waals surface area (Å²) in [5, 5.41) is 9.91. The highest BCUT2D eigenvalue weighted by molar-refractivity contribution is 5.93. The van der Waals surface area contributed by atoms with Crippen LogP contribution >= 0.6 is 0 Å². The number of piperazine rings is 1. The minimum Gasteiger partial charge on any atom is -0.486 e. The maximum absolute atomic E-state index is 15.1. The molecule has 1 aromatic heterocycles. The van der Waals surface area contributed by atoms with Gasteiger partial charge < -0.3 is 19.3 Å². The highest BCUT2D eigenvalue weighted by Crippen LogP contribution is 2.55. The number of anilines is 1. The molecule has 2 aromatic carbocycles. The van der Waals surface area contributed by atoms with Gasteiger partial charge in [0.2, 0.25) is 5.91 Å². The lowest BCUT2D eigenvalue weighted by Crippen LogP contribution is -2.44. The second kappa shape index (κ2) is 10.5. The van der Waals surface area contributed by atoms with Crippen molar-refractivity contribution in [2.45, 2.75) is 19.4 Å². The molecule has 0 spiro atoms. The van der Waals surface area contributed by atoms with E-state index in [9.17, 15) is 9.59 Å². The van der Waals surface area contributed by atoms with E-state index in [1.165, 1.54) is 19.2 Å². The number of hydroxylamine groups is 1. The number of halogens is 1. The number of likely N-dealkylation sites (N-methyl/N-ethyl adjacent to an activating group) is 1. The van der Waals surface area contributed by atoms with E-state index in [1.54, 1.807) is 11.5 Å². The topological polar surface area (TPSA) is 104 Å². The van der Waals surface area contributed by atoms with E-state index in [4.69, 9.17) is 19.7 Å². The molecule has 2 fully saturated rings. The zero-order valence-electron chi connectivity index (χ0n) is 21.4. The molecular weight excluding hydrogens is 491 g/mol. The molecule has 10 heteroatoms. The van der Waals surface area contributed by atoms with Gasteiger partial charge >= 0.3 is 5.97 Å². The van der Waals surface area contributed by atoms with Crippen LogP contribution in [-0.4, -0.2) is 67.3 Å². The lowest BCUT2D eigenvalue weighted by Gasteiger charge is -2.33. The number of fused-ring (bicyclic) bond motifs is 1. The van der Waals surface area contributed by atoms with Crippen molar-refractivity contribution in [2.75, 3.05) is 45.2 Å². The monoisotopic (exact) mass is 522 g/mol. The molecule has 3 aromatic rings. The molecule has 1 amide bonds. The Bertz CT molecular complexity index is 1360. The summed E-state index contributed by atoms with van der Waals surface area (Å²) in [4.78, 5) is 33.7. The van der Waals surface area contributed by atoms with Crippen LogP contribution in [0.3, 0.4) is 0 Å². The number of hydrogen-bond acceptors (Lipinski definition) is 8. The lowest BCUT2D eigenvalue weighted by molar-refractivity contribution is -0.149. The molecule has 0 radical (unpaired) electrons. The third-order valence-electron chi connectivity index (χ3n) is 7.61. The molecule has 0 bridgehead atoms. The predicted octanol–water partition coefficient (Wildman–Crippen LogP) is 2.93. The van der Waals surface area contributed by atoms with E-state index >= 15 is 4.39 Å². The molecule has 1 aliphatic heterocycles. The van der Waals surface area contributed by atoms with Crippen molar-refractivity contribution in [2.24, 2.45) is 11.3 Å². The molecule has 9 nitrogen and oxygen atoms in total. The highest BCUT2D eigenvalue weighted by Gasteiger charge is 2.64. The number of ether oxygens (including phenoxy) is 2. The van der Waals surface area contributed by atoms with E-state index < -0.39 is 29.0 Å². The largest absolute Gasteiger partial charge is 0.486 e. The first-order valence-corrected chi connectivity index (χ1v) is 12.6. The summed E-state index contributed by atoms with van der Waals surface area (Å²) in [6.45, 7) is 3.84. The van der Waals surface area contributed by atoms with Crippen LogP contribution in [0.4, 0.5) is 10.2 Å². The molecule has 1 saturated carbocycles. The van der Waals surface area contributed by atoms with Crippen LogP contribution < -0.4 is 15.1 Å². The van der Waals surface area contributed by atoms with Crippen LogP contribution in [0, 0.1) is 17.2 Å². The van der Waals surface area contributed by atoms with Crippen molar-refractivity contribution in [3.63, 3.8) is 0 Å². The number of carbonyl (C=O) groups is 2. The van der Waals surface area contributed by atoms with Crippen molar-refractivity contribution >= 4 is 28.6 Å². The van der Waals surface area contributed by atoms with Gasteiger partial charge in [0, 0.05) is 37.1 Å². The average Bonchev–Trinajstić information content (AvgIpc) is 3.66. The molecule has 2 heterocycles. The van der Waals surface area contributed by atoms with Crippen LogP contribution in [0.25, 0.3) is 10.9 Å². The van der Waals surface area contributed by atoms with Gasteiger partial charge in [-0.05, 0) is 49.7 Å². The minimum atomic E-state index is -1.12. The van der Waals surface area contributed by atoms with Gasteiger partial charge in [-0.1, -0.05) is 24.3 Å². The number of aromatic nitrogens is 1. The number of amides is 1. The summed E-state index contributed by atoms with van der Waals surface area (Å²) in [6.07, 6.45) is 0.328. The molecule has 2 unspecified atom stereocenters. The molecule has 2 N–H and O–H groups in total. The summed E-state index contributed by atoms with van der Waals surface area (Å²) in [7, 11) is 3.35. The number of hydrogen-bond donors (Lipinski definition) is 2. The Morgan fingerprint density at radius 1 is 1.16 bits per heavy atom. The van der Waals surface area contributed by atoms with E-state index in [-0.39, 0.29) is 25.2 Å². The second-order valence-electron chi connectivity index (χ2n) is 10.1. The summed E-state index contributed by atoms with van der Waals surface area (Å²) in [6, 6.07) is 14.4. The lowest BCUT2D eigenvalue weighted by atomic mass is 9.93. The minimum absolute atomic E-state index is 0.0864. The number of carbonyl (C=O) groups excluding carboxylic acids is 2. The average molecular weight is 523 g/mol. The number of rotatable bonds is 8. The Morgan fingerprint density at radius 2 is 1.92 bits per heavy atom. The van der Waals surface area contributed by atoms with E-state index in [2.05, 4.69) is 16.8 Å². The first kappa shape index (κ1) is 25.9. The first-order chi connectivity index (χ1) is 18.3. The number of benzene rings is 2. The number of nitrogens with one attached hydrogen (secondary N) is 1. The Balaban J connectivity index is 1.33. The molecule has 2 atom stereocenters. The Labute approximate surface area is 220 Å². The van der Waals surface area contributed by atoms with Crippen LogP contribution in [0.2, 0.25) is 0 Å². The van der Waals surface area contributed by atoms with Gasteiger partial charge in [-0.15, -0.1) is 0 Å². The van der Waals surface area contributed by atoms with Gasteiger partial charge in [0.25, 0.3) is 0 Å². The van der Waals surface area contributed by atoms with Gasteiger partial charge in [0.1, 0.15) is 12.4 Å². The van der Waals surface area contributed by atoms with Crippen LogP contribution in [0.5, 0.6) is 5.75 Å². The predicted molar refractivity (Wildman–Crippen MR) is 138 cm³/mol. The molecule has 2 aliphatic rings. The van der Waals surface area contributed by atoms with Crippen molar-refractivity contribution in [1.29, 1.82) is 0 Å². The number of methoxy groups -OCH3 is 1. The zero-order chi connectivity index (χ0) is 26.9. The maximum atomic E-state index is 15.1. The van der Waals surface area contributed by atoms with Gasteiger partial charge in [0.05, 0.1) is 24.0 Å². The summed E-state index contributed by atoms with van der Waals surface area (Å²) in [5.74, 6) is -1.55. The van der Waals surface area contributed by atoms with Crippen molar-refractivity contribution in [3.05, 3.63) is 65.5 Å². The van der Waals surface area contributed by atoms with Gasteiger partial charge in [-0.25, -0.2) is 14.9 Å². The number of nitrogens with zero attached hydrogens (tertiary/aromatic N) is 3. The van der Waals surface area contributed by atoms with Gasteiger partial charge in [-0.3, -0.25) is 14.8 Å². The van der Waals surface area contributed by atoms with Gasteiger partial charge in [0.15, 0.2) is 11.6 Å². The zero-order valence-corrected chi connectivity index (χ0v) is 21.4. The third kappa shape index (κ3) is 5.01. The third-order valence-corrected chi connectivity index (χ3v) is 7.61. The van der Waals surface area contributed by atoms with E-state index in [1.807, 2.05) is 30.3 Å². The molecule has 5 rings (SSSR count). The quantitative estimate of drug-likeness (QED) is 0.264. The van der Waals surface area contributed by atoms with E-state index in [0.29, 0.717) is 5.56 Å². The van der Waals surface area contributed by atoms with Crippen LogP contribution in [-0.2, 0) is 27.4 Å². The van der Waals surface area contributed by atoms with Crippen molar-refractivity contribution in [1.82, 2.24) is 15.4 Å². The van der Waals surface area contributed by atoms with E-state index in [0.717, 1.165) is 48.5 Å². The Hall–Kier alpha value is -3.76. The smallest absolute Gasteiger partial charge is 0.312 e. The second-order valence-corrected chi connectivity index (χ2v) is 10.1. The molecule has 200 valence electrons. The SMILES string of the molecule is COC(=O)C1(Cc2ccc(OCc3cc(N4CCN(C)CC4)nc4ccccc34)c(F)c2)CC1C(=O)NO. The fourth-order valence-electron chi connectivity index (χ4n) is 5.26. The Kier molecular flexibility index (Phi) is 7.18. The molecular formula is C28H31FN4O5. The summed E-state index contributed by atoms with van der Waals surface area (Å²) in [5.41, 5.74) is 2.77. The number of pyridine rings is 1. The normalized spacial score (nSPS) is 21.3. The number of esters is 1. The maximum Gasteiger partial charge on any atom is 0.312 e. The molecule has 1 saturated heterocycles. The fraction of sp³-hybridized carbons (Fsp3) is 0.393. The molecule has 38 heavy (non-hydrogen) atoms.